The predicted molar refractivity (Wildman–Crippen MR) is 48.7 cm³/mol. The Bertz CT molecular complexity index is 159. The van der Waals surface area contributed by atoms with E-state index in [-0.39, 0.29) is 0 Å². The quantitative estimate of drug-likeness (QED) is 0.676. The van der Waals surface area contributed by atoms with E-state index in [1.165, 1.54) is 0 Å². The number of amides is 1. The van der Waals surface area contributed by atoms with Gasteiger partial charge in [-0.3, -0.25) is 4.79 Å². The number of hydrogen-bond acceptors (Lipinski definition) is 2. The minimum Gasteiger partial charge on any atom is -0.338 e. The van der Waals surface area contributed by atoms with Crippen molar-refractivity contribution in [2.75, 3.05) is 13.1 Å². The molecule has 1 amide bonds. The van der Waals surface area contributed by atoms with Crippen molar-refractivity contribution in [3.8, 4) is 0 Å². The number of rotatable bonds is 4. The highest BCUT2D eigenvalue weighted by molar-refractivity contribution is 5.78. The van der Waals surface area contributed by atoms with Crippen LogP contribution in [0.3, 0.4) is 0 Å². The van der Waals surface area contributed by atoms with Gasteiger partial charge >= 0.3 is 0 Å². The smallest absolute Gasteiger partial charge is 0.222 e. The molecular weight excluding hydrogens is 152 g/mol. The van der Waals surface area contributed by atoms with Gasteiger partial charge in [-0.15, -0.1) is 0 Å². The van der Waals surface area contributed by atoms with Gasteiger partial charge < -0.3 is 10.6 Å². The molecule has 1 fully saturated rings. The Hall–Kier alpha value is -0.570. The molecule has 0 bridgehead atoms. The van der Waals surface area contributed by atoms with Crippen molar-refractivity contribution >= 4 is 5.91 Å². The van der Waals surface area contributed by atoms with Crippen LogP contribution in [-0.2, 0) is 4.79 Å². The zero-order valence-electron chi connectivity index (χ0n) is 7.75. The highest BCUT2D eigenvalue weighted by atomic mass is 16.2. The van der Waals surface area contributed by atoms with Crippen LogP contribution in [0, 0.1) is 0 Å². The third-order valence-electron chi connectivity index (χ3n) is 2.44. The summed E-state index contributed by atoms with van der Waals surface area (Å²) in [5.74, 6) is 0.291. The van der Waals surface area contributed by atoms with E-state index in [0.29, 0.717) is 18.5 Å². The molecule has 0 radical (unpaired) electrons. The SMILES string of the molecule is CCCC(CN)N1CCCC1=O. The lowest BCUT2D eigenvalue weighted by atomic mass is 10.1. The molecule has 0 aliphatic carbocycles. The van der Waals surface area contributed by atoms with Crippen LogP contribution in [0.4, 0.5) is 0 Å². The molecular formula is C9H18N2O. The van der Waals surface area contributed by atoms with E-state index in [1.807, 2.05) is 4.90 Å². The summed E-state index contributed by atoms with van der Waals surface area (Å²) in [6.45, 7) is 3.66. The van der Waals surface area contributed by atoms with Crippen LogP contribution in [0.1, 0.15) is 32.6 Å². The minimum atomic E-state index is 0.291. The highest BCUT2D eigenvalue weighted by Gasteiger charge is 2.25. The van der Waals surface area contributed by atoms with Gasteiger partial charge in [0.05, 0.1) is 0 Å². The minimum absolute atomic E-state index is 0.291. The third kappa shape index (κ3) is 1.97. The Kier molecular flexibility index (Phi) is 3.53. The van der Waals surface area contributed by atoms with Crippen LogP contribution in [0.15, 0.2) is 0 Å². The highest BCUT2D eigenvalue weighted by Crippen LogP contribution is 2.15. The normalized spacial score (nSPS) is 20.2. The first-order valence-electron chi connectivity index (χ1n) is 4.79. The molecule has 3 heteroatoms. The van der Waals surface area contributed by atoms with Crippen molar-refractivity contribution in [2.24, 2.45) is 5.73 Å². The van der Waals surface area contributed by atoms with Crippen molar-refractivity contribution < 1.29 is 4.79 Å². The van der Waals surface area contributed by atoms with Gasteiger partial charge in [-0.2, -0.15) is 0 Å². The van der Waals surface area contributed by atoms with Crippen molar-refractivity contribution in [1.82, 2.24) is 4.90 Å². The number of carbonyl (C=O) groups is 1. The van der Waals surface area contributed by atoms with Gasteiger partial charge in [-0.05, 0) is 12.8 Å². The third-order valence-corrected chi connectivity index (χ3v) is 2.44. The lowest BCUT2D eigenvalue weighted by Crippen LogP contribution is -2.41. The second-order valence-corrected chi connectivity index (χ2v) is 3.37. The molecule has 3 nitrogen and oxygen atoms in total. The van der Waals surface area contributed by atoms with Crippen molar-refractivity contribution in [1.29, 1.82) is 0 Å². The molecule has 0 aromatic rings. The molecule has 1 rings (SSSR count). The molecule has 1 unspecified atom stereocenters. The molecule has 1 heterocycles. The molecule has 0 saturated carbocycles. The van der Waals surface area contributed by atoms with Crippen molar-refractivity contribution in [3.63, 3.8) is 0 Å². The number of nitrogens with zero attached hydrogens (tertiary/aromatic N) is 1. The van der Waals surface area contributed by atoms with E-state index in [2.05, 4.69) is 6.92 Å². The van der Waals surface area contributed by atoms with Crippen LogP contribution in [0.5, 0.6) is 0 Å². The van der Waals surface area contributed by atoms with E-state index in [0.717, 1.165) is 32.2 Å². The van der Waals surface area contributed by atoms with Crippen LogP contribution in [-0.4, -0.2) is 29.9 Å². The Morgan fingerprint density at radius 3 is 2.83 bits per heavy atom. The molecule has 1 aliphatic rings. The summed E-state index contributed by atoms with van der Waals surface area (Å²) in [4.78, 5) is 13.3. The Balaban J connectivity index is 2.46. The van der Waals surface area contributed by atoms with Crippen LogP contribution >= 0.6 is 0 Å². The van der Waals surface area contributed by atoms with Gasteiger partial charge in [-0.25, -0.2) is 0 Å². The fourth-order valence-electron chi connectivity index (χ4n) is 1.79. The molecule has 0 aromatic carbocycles. The van der Waals surface area contributed by atoms with Gasteiger partial charge in [0.2, 0.25) is 5.91 Å². The maximum atomic E-state index is 11.3. The van der Waals surface area contributed by atoms with E-state index in [1.54, 1.807) is 0 Å². The maximum Gasteiger partial charge on any atom is 0.222 e. The summed E-state index contributed by atoms with van der Waals surface area (Å²) in [5, 5.41) is 0. The molecule has 2 N–H and O–H groups in total. The summed E-state index contributed by atoms with van der Waals surface area (Å²) in [6, 6.07) is 0.296. The molecule has 12 heavy (non-hydrogen) atoms. The lowest BCUT2D eigenvalue weighted by Gasteiger charge is -2.26. The van der Waals surface area contributed by atoms with Crippen molar-refractivity contribution in [2.45, 2.75) is 38.6 Å². The monoisotopic (exact) mass is 170 g/mol. The molecule has 0 aromatic heterocycles. The van der Waals surface area contributed by atoms with E-state index in [9.17, 15) is 4.79 Å². The Labute approximate surface area is 73.9 Å². The van der Waals surface area contributed by atoms with Gasteiger partial charge in [0.15, 0.2) is 0 Å². The summed E-state index contributed by atoms with van der Waals surface area (Å²) in [6.07, 6.45) is 3.88. The molecule has 1 atom stereocenters. The number of carbonyl (C=O) groups excluding carboxylic acids is 1. The van der Waals surface area contributed by atoms with Gasteiger partial charge in [0.25, 0.3) is 0 Å². The second kappa shape index (κ2) is 4.45. The van der Waals surface area contributed by atoms with Crippen LogP contribution in [0.25, 0.3) is 0 Å². The van der Waals surface area contributed by atoms with E-state index >= 15 is 0 Å². The second-order valence-electron chi connectivity index (χ2n) is 3.37. The first kappa shape index (κ1) is 9.52. The van der Waals surface area contributed by atoms with Gasteiger partial charge in [0.1, 0.15) is 0 Å². The maximum absolute atomic E-state index is 11.3. The average Bonchev–Trinajstić information content (AvgIpc) is 2.47. The number of likely N-dealkylation sites (tertiary alicyclic amines) is 1. The summed E-state index contributed by atoms with van der Waals surface area (Å²) in [7, 11) is 0. The number of nitrogens with two attached hydrogens (primary N) is 1. The van der Waals surface area contributed by atoms with Gasteiger partial charge in [0, 0.05) is 25.6 Å². The first-order chi connectivity index (χ1) is 5.79. The largest absolute Gasteiger partial charge is 0.338 e. The zero-order chi connectivity index (χ0) is 8.97. The zero-order valence-corrected chi connectivity index (χ0v) is 7.75. The van der Waals surface area contributed by atoms with Gasteiger partial charge in [-0.1, -0.05) is 13.3 Å². The molecule has 1 saturated heterocycles. The van der Waals surface area contributed by atoms with E-state index < -0.39 is 0 Å². The molecule has 70 valence electrons. The van der Waals surface area contributed by atoms with Crippen LogP contribution in [0.2, 0.25) is 0 Å². The molecule has 0 spiro atoms. The Morgan fingerprint density at radius 2 is 2.42 bits per heavy atom. The first-order valence-corrected chi connectivity index (χ1v) is 4.79. The fourth-order valence-corrected chi connectivity index (χ4v) is 1.79. The summed E-state index contributed by atoms with van der Waals surface area (Å²) in [5.41, 5.74) is 5.61. The fraction of sp³-hybridized carbons (Fsp3) is 0.889. The summed E-state index contributed by atoms with van der Waals surface area (Å²) < 4.78 is 0. The average molecular weight is 170 g/mol. The van der Waals surface area contributed by atoms with Crippen LogP contribution < -0.4 is 5.73 Å². The molecule has 1 aliphatic heterocycles. The Morgan fingerprint density at radius 1 is 1.67 bits per heavy atom. The lowest BCUT2D eigenvalue weighted by molar-refractivity contribution is -0.129. The van der Waals surface area contributed by atoms with E-state index in [4.69, 9.17) is 5.73 Å². The standard InChI is InChI=1S/C9H18N2O/c1-2-4-8(7-10)11-6-3-5-9(11)12/h8H,2-7,10H2,1H3. The number of hydrogen-bond donors (Lipinski definition) is 1. The topological polar surface area (TPSA) is 46.3 Å². The van der Waals surface area contributed by atoms with Crippen molar-refractivity contribution in [3.05, 3.63) is 0 Å². The predicted octanol–water partition coefficient (Wildman–Crippen LogP) is 0.736. The summed E-state index contributed by atoms with van der Waals surface area (Å²) >= 11 is 0.